The first kappa shape index (κ1) is 13.2. The van der Waals surface area contributed by atoms with Crippen molar-refractivity contribution in [1.29, 1.82) is 5.26 Å². The van der Waals surface area contributed by atoms with Gasteiger partial charge in [-0.05, 0) is 6.07 Å². The molecule has 3 aromatic heterocycles. The van der Waals surface area contributed by atoms with Crippen LogP contribution in [0.2, 0.25) is 5.02 Å². The van der Waals surface area contributed by atoms with Crippen molar-refractivity contribution in [1.82, 2.24) is 19.6 Å². The molecule has 0 aliphatic heterocycles. The highest BCUT2D eigenvalue weighted by Gasteiger charge is 2.10. The van der Waals surface area contributed by atoms with E-state index >= 15 is 0 Å². The predicted molar refractivity (Wildman–Crippen MR) is 77.2 cm³/mol. The summed E-state index contributed by atoms with van der Waals surface area (Å²) in [5.41, 5.74) is 0.128. The zero-order chi connectivity index (χ0) is 14.1. The number of thioether (sulfide) groups is 1. The number of hydrogen-bond acceptors (Lipinski definition) is 6. The average molecular weight is 324 g/mol. The first-order chi connectivity index (χ1) is 9.67. The van der Waals surface area contributed by atoms with Gasteiger partial charge in [-0.3, -0.25) is 4.98 Å². The van der Waals surface area contributed by atoms with Crippen LogP contribution in [-0.2, 0) is 5.75 Å². The molecule has 0 aliphatic carbocycles. The fraction of sp³-hybridized carbons (Fsp3) is 0.0909. The molecule has 6 nitrogen and oxygen atoms in total. The Kier molecular flexibility index (Phi) is 3.48. The molecule has 0 saturated carbocycles. The van der Waals surface area contributed by atoms with Crippen molar-refractivity contribution < 1.29 is 0 Å². The zero-order valence-corrected chi connectivity index (χ0v) is 12.2. The van der Waals surface area contributed by atoms with Gasteiger partial charge in [0, 0.05) is 16.0 Å². The summed E-state index contributed by atoms with van der Waals surface area (Å²) < 4.78 is 1.07. The standard InChI is InChI=1S/C11H6ClN5OS2/c12-7-1-8(19-4-7)5-20-10-15-9-6(2-13)3-14-17(9)11(18)16-10/h1,3-4H,5H2,(H,15,16,18). The number of nitrogens with zero attached hydrogens (tertiary/aromatic N) is 4. The number of thiophene rings is 1. The van der Waals surface area contributed by atoms with E-state index < -0.39 is 5.69 Å². The molecular weight excluding hydrogens is 318 g/mol. The van der Waals surface area contributed by atoms with E-state index in [0.717, 1.165) is 9.39 Å². The van der Waals surface area contributed by atoms with Crippen molar-refractivity contribution in [2.24, 2.45) is 0 Å². The molecule has 0 atom stereocenters. The van der Waals surface area contributed by atoms with Crippen molar-refractivity contribution in [3.8, 4) is 6.07 Å². The second kappa shape index (κ2) is 5.28. The van der Waals surface area contributed by atoms with E-state index in [2.05, 4.69) is 15.1 Å². The predicted octanol–water partition coefficient (Wildman–Crippen LogP) is 2.30. The maximum Gasteiger partial charge on any atom is 0.350 e. The first-order valence-corrected chi connectivity index (χ1v) is 7.65. The maximum absolute atomic E-state index is 11.8. The lowest BCUT2D eigenvalue weighted by Crippen LogP contribution is -2.19. The quantitative estimate of drug-likeness (QED) is 0.747. The van der Waals surface area contributed by atoms with Crippen molar-refractivity contribution >= 4 is 40.3 Å². The summed E-state index contributed by atoms with van der Waals surface area (Å²) >= 11 is 8.77. The Morgan fingerprint density at radius 1 is 1.60 bits per heavy atom. The van der Waals surface area contributed by atoms with Crippen LogP contribution in [0.25, 0.3) is 5.65 Å². The molecule has 0 radical (unpaired) electrons. The van der Waals surface area contributed by atoms with Crippen LogP contribution >= 0.6 is 34.7 Å². The van der Waals surface area contributed by atoms with E-state index in [-0.39, 0.29) is 11.2 Å². The Morgan fingerprint density at radius 2 is 2.45 bits per heavy atom. The normalized spacial score (nSPS) is 10.8. The molecule has 0 fully saturated rings. The lowest BCUT2D eigenvalue weighted by molar-refractivity contribution is 0.786. The molecule has 0 aromatic carbocycles. The highest BCUT2D eigenvalue weighted by molar-refractivity contribution is 7.98. The number of rotatable bonds is 3. The van der Waals surface area contributed by atoms with Gasteiger partial charge in [-0.1, -0.05) is 23.4 Å². The van der Waals surface area contributed by atoms with Gasteiger partial charge in [0.25, 0.3) is 0 Å². The summed E-state index contributed by atoms with van der Waals surface area (Å²) in [5.74, 6) is 0.645. The first-order valence-electron chi connectivity index (χ1n) is 5.41. The lowest BCUT2D eigenvalue weighted by atomic mass is 10.4. The van der Waals surface area contributed by atoms with E-state index in [9.17, 15) is 4.79 Å². The number of aromatic nitrogens is 4. The molecule has 1 N–H and O–H groups in total. The molecule has 3 heterocycles. The third kappa shape index (κ3) is 2.43. The molecule has 100 valence electrons. The highest BCUT2D eigenvalue weighted by atomic mass is 35.5. The largest absolute Gasteiger partial charge is 0.350 e. The SMILES string of the molecule is N#Cc1cnn2c(=O)[nH]c(SCc3cc(Cl)cs3)nc12. The third-order valence-electron chi connectivity index (χ3n) is 2.45. The molecule has 3 rings (SSSR count). The van der Waals surface area contributed by atoms with Gasteiger partial charge in [-0.15, -0.1) is 11.3 Å². The van der Waals surface area contributed by atoms with Crippen LogP contribution in [0.5, 0.6) is 0 Å². The van der Waals surface area contributed by atoms with E-state index in [1.165, 1.54) is 18.0 Å². The molecular formula is C11H6ClN5OS2. The fourth-order valence-electron chi connectivity index (χ4n) is 1.58. The molecule has 0 aliphatic rings. The average Bonchev–Trinajstić information content (AvgIpc) is 3.02. The summed E-state index contributed by atoms with van der Waals surface area (Å²) in [6.07, 6.45) is 1.32. The van der Waals surface area contributed by atoms with E-state index in [1.54, 1.807) is 11.3 Å². The summed E-state index contributed by atoms with van der Waals surface area (Å²) in [6, 6.07) is 3.83. The van der Waals surface area contributed by atoms with Gasteiger partial charge < -0.3 is 0 Å². The second-order valence-corrected chi connectivity index (χ2v) is 6.17. The summed E-state index contributed by atoms with van der Waals surface area (Å²) in [5, 5.41) is 15.8. The maximum atomic E-state index is 11.8. The Labute approximate surface area is 126 Å². The molecule has 20 heavy (non-hydrogen) atoms. The second-order valence-electron chi connectivity index (χ2n) is 3.77. The number of halogens is 1. The van der Waals surface area contributed by atoms with Crippen LogP contribution in [0.4, 0.5) is 0 Å². The van der Waals surface area contributed by atoms with Crippen LogP contribution in [-0.4, -0.2) is 19.6 Å². The fourth-order valence-corrected chi connectivity index (χ4v) is 3.56. The molecule has 0 unspecified atom stereocenters. The van der Waals surface area contributed by atoms with Crippen molar-refractivity contribution in [3.63, 3.8) is 0 Å². The van der Waals surface area contributed by atoms with Gasteiger partial charge in [-0.25, -0.2) is 9.78 Å². The molecule has 0 bridgehead atoms. The summed E-state index contributed by atoms with van der Waals surface area (Å²) in [4.78, 5) is 19.8. The van der Waals surface area contributed by atoms with Crippen molar-refractivity contribution in [3.05, 3.63) is 43.6 Å². The Morgan fingerprint density at radius 3 is 3.15 bits per heavy atom. The van der Waals surface area contributed by atoms with E-state index in [4.69, 9.17) is 16.9 Å². The Balaban J connectivity index is 1.92. The molecule has 0 amide bonds. The number of nitriles is 1. The molecule has 9 heteroatoms. The monoisotopic (exact) mass is 323 g/mol. The minimum atomic E-state index is -0.414. The van der Waals surface area contributed by atoms with E-state index in [0.29, 0.717) is 15.9 Å². The van der Waals surface area contributed by atoms with Crippen molar-refractivity contribution in [2.45, 2.75) is 10.9 Å². The van der Waals surface area contributed by atoms with Crippen LogP contribution in [0, 0.1) is 11.3 Å². The third-order valence-corrected chi connectivity index (χ3v) is 4.84. The summed E-state index contributed by atoms with van der Waals surface area (Å²) in [7, 11) is 0. The number of H-pyrrole nitrogens is 1. The highest BCUT2D eigenvalue weighted by Crippen LogP contribution is 2.26. The summed E-state index contributed by atoms with van der Waals surface area (Å²) in [6.45, 7) is 0. The van der Waals surface area contributed by atoms with Gasteiger partial charge in [0.2, 0.25) is 0 Å². The van der Waals surface area contributed by atoms with Gasteiger partial charge in [0.15, 0.2) is 10.8 Å². The van der Waals surface area contributed by atoms with Crippen LogP contribution < -0.4 is 5.69 Å². The zero-order valence-electron chi connectivity index (χ0n) is 9.83. The van der Waals surface area contributed by atoms with Gasteiger partial charge >= 0.3 is 5.69 Å². The number of fused-ring (bicyclic) bond motifs is 1. The number of hydrogen-bond donors (Lipinski definition) is 1. The smallest absolute Gasteiger partial charge is 0.285 e. The Bertz CT molecular complexity index is 875. The van der Waals surface area contributed by atoms with Crippen LogP contribution in [0.1, 0.15) is 10.4 Å². The minimum absolute atomic E-state index is 0.267. The minimum Gasteiger partial charge on any atom is -0.285 e. The van der Waals surface area contributed by atoms with Gasteiger partial charge in [-0.2, -0.15) is 14.9 Å². The topological polar surface area (TPSA) is 86.8 Å². The number of aromatic amines is 1. The van der Waals surface area contributed by atoms with Crippen LogP contribution in [0.3, 0.4) is 0 Å². The van der Waals surface area contributed by atoms with Gasteiger partial charge in [0.1, 0.15) is 11.6 Å². The lowest BCUT2D eigenvalue weighted by Gasteiger charge is -1.99. The molecule has 0 saturated heterocycles. The van der Waals surface area contributed by atoms with Gasteiger partial charge in [0.05, 0.1) is 11.2 Å². The Hall–Kier alpha value is -1.82. The molecule has 0 spiro atoms. The molecule has 3 aromatic rings. The number of nitrogens with one attached hydrogen (secondary N) is 1. The van der Waals surface area contributed by atoms with E-state index in [1.807, 2.05) is 17.5 Å². The van der Waals surface area contributed by atoms with Crippen molar-refractivity contribution in [2.75, 3.05) is 0 Å². The van der Waals surface area contributed by atoms with Crippen LogP contribution in [0.15, 0.2) is 27.6 Å².